The SMILES string of the molecule is CC(=O)N[C@@H](Cc1c[nH]c2ccccc12)C(=O)OCc1ccc(F)cc1Br. The minimum Gasteiger partial charge on any atom is -0.459 e. The lowest BCUT2D eigenvalue weighted by Crippen LogP contribution is -2.42. The number of carbonyl (C=O) groups is 2. The van der Waals surface area contributed by atoms with Gasteiger partial charge in [0, 0.05) is 40.5 Å². The minimum absolute atomic E-state index is 0.0241. The molecule has 3 aromatic rings. The lowest BCUT2D eigenvalue weighted by molar-refractivity contribution is -0.149. The van der Waals surface area contributed by atoms with Crippen molar-refractivity contribution in [1.82, 2.24) is 10.3 Å². The minimum atomic E-state index is -0.819. The maximum Gasteiger partial charge on any atom is 0.329 e. The normalized spacial score (nSPS) is 12.0. The van der Waals surface area contributed by atoms with Crippen LogP contribution in [0.3, 0.4) is 0 Å². The predicted octanol–water partition coefficient (Wildman–Crippen LogP) is 3.86. The number of carbonyl (C=O) groups excluding carboxylic acids is 2. The van der Waals surface area contributed by atoms with Crippen molar-refractivity contribution < 1.29 is 18.7 Å². The fourth-order valence-corrected chi connectivity index (χ4v) is 3.31. The predicted molar refractivity (Wildman–Crippen MR) is 104 cm³/mol. The molecule has 0 aliphatic carbocycles. The Morgan fingerprint density at radius 1 is 1.22 bits per heavy atom. The number of aromatic amines is 1. The van der Waals surface area contributed by atoms with E-state index >= 15 is 0 Å². The highest BCUT2D eigenvalue weighted by molar-refractivity contribution is 9.10. The van der Waals surface area contributed by atoms with Gasteiger partial charge in [0.05, 0.1) is 0 Å². The quantitative estimate of drug-likeness (QED) is 0.580. The van der Waals surface area contributed by atoms with Crippen molar-refractivity contribution in [3.63, 3.8) is 0 Å². The van der Waals surface area contributed by atoms with Crippen LogP contribution in [0.4, 0.5) is 4.39 Å². The van der Waals surface area contributed by atoms with Crippen molar-refractivity contribution in [2.24, 2.45) is 0 Å². The van der Waals surface area contributed by atoms with E-state index in [1.54, 1.807) is 6.07 Å². The third-order valence-electron chi connectivity index (χ3n) is 4.15. The monoisotopic (exact) mass is 432 g/mol. The van der Waals surface area contributed by atoms with Gasteiger partial charge in [-0.25, -0.2) is 9.18 Å². The molecule has 0 saturated heterocycles. The number of halogens is 2. The fourth-order valence-electron chi connectivity index (χ4n) is 2.85. The van der Waals surface area contributed by atoms with Crippen molar-refractivity contribution in [3.05, 3.63) is 70.1 Å². The number of esters is 1. The summed E-state index contributed by atoms with van der Waals surface area (Å²) in [6, 6.07) is 11.1. The van der Waals surface area contributed by atoms with Crippen LogP contribution in [0, 0.1) is 5.82 Å². The summed E-state index contributed by atoms with van der Waals surface area (Å²) in [5, 5.41) is 3.63. The molecular formula is C20H18BrFN2O3. The summed E-state index contributed by atoms with van der Waals surface area (Å²) >= 11 is 3.25. The molecule has 27 heavy (non-hydrogen) atoms. The van der Waals surface area contributed by atoms with Crippen molar-refractivity contribution in [2.75, 3.05) is 0 Å². The van der Waals surface area contributed by atoms with Gasteiger partial charge in [0.25, 0.3) is 0 Å². The number of hydrogen-bond donors (Lipinski definition) is 2. The smallest absolute Gasteiger partial charge is 0.329 e. The van der Waals surface area contributed by atoms with Crippen molar-refractivity contribution >= 4 is 38.7 Å². The van der Waals surface area contributed by atoms with Crippen LogP contribution in [0.1, 0.15) is 18.1 Å². The van der Waals surface area contributed by atoms with Gasteiger partial charge in [-0.2, -0.15) is 0 Å². The molecule has 3 rings (SSSR count). The Balaban J connectivity index is 1.73. The van der Waals surface area contributed by atoms with Crippen LogP contribution in [0.15, 0.2) is 53.1 Å². The Kier molecular flexibility index (Phi) is 5.91. The number of rotatable bonds is 6. The van der Waals surface area contributed by atoms with Gasteiger partial charge in [-0.05, 0) is 23.8 Å². The highest BCUT2D eigenvalue weighted by Crippen LogP contribution is 2.21. The number of ether oxygens (including phenoxy) is 1. The van der Waals surface area contributed by atoms with Gasteiger partial charge >= 0.3 is 5.97 Å². The number of para-hydroxylation sites is 1. The number of amides is 1. The molecule has 1 amide bonds. The topological polar surface area (TPSA) is 71.2 Å². The Bertz CT molecular complexity index is 986. The molecule has 5 nitrogen and oxygen atoms in total. The zero-order valence-electron chi connectivity index (χ0n) is 14.6. The van der Waals surface area contributed by atoms with Gasteiger partial charge in [-0.3, -0.25) is 4.79 Å². The maximum absolute atomic E-state index is 13.2. The first-order valence-corrected chi connectivity index (χ1v) is 9.16. The Morgan fingerprint density at radius 3 is 2.74 bits per heavy atom. The number of fused-ring (bicyclic) bond motifs is 1. The Morgan fingerprint density at radius 2 is 2.00 bits per heavy atom. The maximum atomic E-state index is 13.2. The van der Waals surface area contributed by atoms with Gasteiger partial charge in [0.1, 0.15) is 18.5 Å². The highest BCUT2D eigenvalue weighted by Gasteiger charge is 2.23. The molecule has 0 spiro atoms. The number of nitrogens with one attached hydrogen (secondary N) is 2. The van der Waals surface area contributed by atoms with E-state index in [0.717, 1.165) is 16.5 Å². The molecule has 0 unspecified atom stereocenters. The third-order valence-corrected chi connectivity index (χ3v) is 4.88. The van der Waals surface area contributed by atoms with E-state index in [2.05, 4.69) is 26.2 Å². The first-order chi connectivity index (χ1) is 12.9. The molecule has 7 heteroatoms. The summed E-state index contributed by atoms with van der Waals surface area (Å²) in [6.45, 7) is 1.33. The van der Waals surface area contributed by atoms with Crippen LogP contribution in [-0.4, -0.2) is 22.9 Å². The Hall–Kier alpha value is -2.67. The van der Waals surface area contributed by atoms with E-state index in [0.29, 0.717) is 16.5 Å². The van der Waals surface area contributed by atoms with Gasteiger partial charge in [-0.15, -0.1) is 0 Å². The second-order valence-electron chi connectivity index (χ2n) is 6.16. The molecule has 0 bridgehead atoms. The number of hydrogen-bond acceptors (Lipinski definition) is 3. The lowest BCUT2D eigenvalue weighted by Gasteiger charge is -2.17. The molecular weight excluding hydrogens is 415 g/mol. The standard InChI is InChI=1S/C20H18BrFN2O3/c1-12(25)24-19(8-14-10-23-18-5-3-2-4-16(14)18)20(26)27-11-13-6-7-15(22)9-17(13)21/h2-7,9-10,19,23H,8,11H2,1H3,(H,24,25)/t19-/m0/s1. The third kappa shape index (κ3) is 4.74. The molecule has 1 aromatic heterocycles. The zero-order valence-corrected chi connectivity index (χ0v) is 16.2. The molecule has 140 valence electrons. The second kappa shape index (κ2) is 8.35. The van der Waals surface area contributed by atoms with E-state index in [-0.39, 0.29) is 18.3 Å². The zero-order chi connectivity index (χ0) is 19.4. The van der Waals surface area contributed by atoms with Crippen LogP contribution >= 0.6 is 15.9 Å². The fraction of sp³-hybridized carbons (Fsp3) is 0.200. The van der Waals surface area contributed by atoms with Crippen LogP contribution in [0.25, 0.3) is 10.9 Å². The molecule has 1 heterocycles. The summed E-state index contributed by atoms with van der Waals surface area (Å²) in [5.74, 6) is -1.25. The van der Waals surface area contributed by atoms with Gasteiger partial charge in [-0.1, -0.05) is 40.2 Å². The van der Waals surface area contributed by atoms with Crippen LogP contribution < -0.4 is 5.32 Å². The molecule has 1 atom stereocenters. The lowest BCUT2D eigenvalue weighted by atomic mass is 10.0. The van der Waals surface area contributed by atoms with Crippen LogP contribution in [-0.2, 0) is 27.4 Å². The van der Waals surface area contributed by atoms with E-state index in [9.17, 15) is 14.0 Å². The van der Waals surface area contributed by atoms with Crippen LogP contribution in [0.2, 0.25) is 0 Å². The average molecular weight is 433 g/mol. The summed E-state index contributed by atoms with van der Waals surface area (Å²) in [6.07, 6.45) is 2.12. The summed E-state index contributed by atoms with van der Waals surface area (Å²) in [4.78, 5) is 27.2. The molecule has 0 aliphatic rings. The summed E-state index contributed by atoms with van der Waals surface area (Å²) < 4.78 is 19.0. The van der Waals surface area contributed by atoms with E-state index in [1.165, 1.54) is 19.1 Å². The summed E-state index contributed by atoms with van der Waals surface area (Å²) in [7, 11) is 0. The molecule has 2 aromatic carbocycles. The molecule has 0 saturated carbocycles. The van der Waals surface area contributed by atoms with Gasteiger partial charge < -0.3 is 15.0 Å². The number of benzene rings is 2. The van der Waals surface area contributed by atoms with Crippen molar-refractivity contribution in [3.8, 4) is 0 Å². The highest BCUT2D eigenvalue weighted by atomic mass is 79.9. The molecule has 2 N–H and O–H groups in total. The number of H-pyrrole nitrogens is 1. The van der Waals surface area contributed by atoms with Crippen LogP contribution in [0.5, 0.6) is 0 Å². The van der Waals surface area contributed by atoms with Gasteiger partial charge in [0.2, 0.25) is 5.91 Å². The van der Waals surface area contributed by atoms with E-state index < -0.39 is 12.0 Å². The first kappa shape index (κ1) is 19.1. The van der Waals surface area contributed by atoms with Gasteiger partial charge in [0.15, 0.2) is 0 Å². The summed E-state index contributed by atoms with van der Waals surface area (Å²) in [5.41, 5.74) is 2.50. The second-order valence-corrected chi connectivity index (χ2v) is 7.01. The average Bonchev–Trinajstić information content (AvgIpc) is 3.03. The molecule has 0 fully saturated rings. The van der Waals surface area contributed by atoms with Crippen molar-refractivity contribution in [2.45, 2.75) is 26.0 Å². The van der Waals surface area contributed by atoms with E-state index in [1.807, 2.05) is 30.5 Å². The van der Waals surface area contributed by atoms with E-state index in [4.69, 9.17) is 4.74 Å². The Labute approximate surface area is 164 Å². The van der Waals surface area contributed by atoms with Crippen molar-refractivity contribution in [1.29, 1.82) is 0 Å². The molecule has 0 radical (unpaired) electrons. The number of aromatic nitrogens is 1. The largest absolute Gasteiger partial charge is 0.459 e. The molecule has 0 aliphatic heterocycles. The first-order valence-electron chi connectivity index (χ1n) is 8.36.